The van der Waals surface area contributed by atoms with E-state index in [9.17, 15) is 4.79 Å². The van der Waals surface area contributed by atoms with Gasteiger partial charge in [-0.05, 0) is 36.7 Å². The van der Waals surface area contributed by atoms with Crippen LogP contribution in [0, 0.1) is 0 Å². The maximum Gasteiger partial charge on any atom is 0.270 e. The number of hydrogen-bond donors (Lipinski definition) is 0. The number of nitrogens with zero attached hydrogens (tertiary/aromatic N) is 3. The van der Waals surface area contributed by atoms with E-state index < -0.39 is 0 Å². The molecule has 0 aliphatic heterocycles. The second kappa shape index (κ2) is 10.0. The van der Waals surface area contributed by atoms with Gasteiger partial charge in [-0.3, -0.25) is 9.69 Å². The first-order valence-corrected chi connectivity index (χ1v) is 10.4. The number of benzene rings is 1. The van der Waals surface area contributed by atoms with E-state index in [1.54, 1.807) is 12.0 Å². The lowest BCUT2D eigenvalue weighted by molar-refractivity contribution is 0.0987. The van der Waals surface area contributed by atoms with Crippen molar-refractivity contribution in [3.63, 3.8) is 0 Å². The molecule has 0 spiro atoms. The van der Waals surface area contributed by atoms with E-state index in [1.165, 1.54) is 22.7 Å². The first-order valence-electron chi connectivity index (χ1n) is 8.69. The van der Waals surface area contributed by atoms with E-state index in [0.717, 1.165) is 45.6 Å². The van der Waals surface area contributed by atoms with Crippen molar-refractivity contribution < 1.29 is 9.53 Å². The fourth-order valence-electron chi connectivity index (χ4n) is 2.79. The van der Waals surface area contributed by atoms with Crippen LogP contribution in [0.3, 0.4) is 0 Å². The summed E-state index contributed by atoms with van der Waals surface area (Å²) in [5.41, 5.74) is 0.807. The van der Waals surface area contributed by atoms with E-state index in [2.05, 4.69) is 18.7 Å². The number of halogens is 1. The normalized spacial score (nSPS) is 10.8. The number of methoxy groups -OCH3 is 1. The second-order valence-electron chi connectivity index (χ2n) is 5.76. The Morgan fingerprint density at radius 1 is 1.15 bits per heavy atom. The average Bonchev–Trinajstić information content (AvgIpc) is 3.34. The molecule has 0 unspecified atom stereocenters. The smallest absolute Gasteiger partial charge is 0.270 e. The zero-order valence-electron chi connectivity index (χ0n) is 15.7. The zero-order valence-corrected chi connectivity index (χ0v) is 18.1. The van der Waals surface area contributed by atoms with Gasteiger partial charge in [0.25, 0.3) is 5.91 Å². The average molecular weight is 426 g/mol. The summed E-state index contributed by atoms with van der Waals surface area (Å²) < 4.78 is 6.44. The number of ether oxygens (including phenoxy) is 1. The third-order valence-electron chi connectivity index (χ3n) is 4.33. The molecular weight excluding hydrogens is 402 g/mol. The number of hydrogen-bond acceptors (Lipinski definition) is 6. The van der Waals surface area contributed by atoms with Gasteiger partial charge in [-0.15, -0.1) is 23.7 Å². The second-order valence-corrected chi connectivity index (χ2v) is 7.72. The molecule has 1 amide bonds. The number of thiophene rings is 1. The molecule has 146 valence electrons. The first kappa shape index (κ1) is 21.6. The molecule has 0 saturated heterocycles. The quantitative estimate of drug-likeness (QED) is 0.521. The van der Waals surface area contributed by atoms with Gasteiger partial charge in [-0.2, -0.15) is 0 Å². The molecule has 0 atom stereocenters. The molecular formula is C19H24ClN3O2S2. The number of amides is 1. The Morgan fingerprint density at radius 3 is 2.56 bits per heavy atom. The largest absolute Gasteiger partial charge is 0.494 e. The summed E-state index contributed by atoms with van der Waals surface area (Å²) in [6.07, 6.45) is 0. The lowest BCUT2D eigenvalue weighted by Crippen LogP contribution is -2.38. The molecule has 8 heteroatoms. The highest BCUT2D eigenvalue weighted by molar-refractivity contribution is 7.22. The summed E-state index contributed by atoms with van der Waals surface area (Å²) in [4.78, 5) is 22.6. The van der Waals surface area contributed by atoms with Crippen LogP contribution in [0.25, 0.3) is 10.2 Å². The first-order chi connectivity index (χ1) is 12.7. The summed E-state index contributed by atoms with van der Waals surface area (Å²) in [5.74, 6) is 0.738. The molecule has 0 saturated carbocycles. The number of likely N-dealkylation sites (N-methyl/N-ethyl adjacent to an activating group) is 1. The zero-order chi connectivity index (χ0) is 18.5. The molecule has 0 aliphatic carbocycles. The fourth-order valence-corrected chi connectivity index (χ4v) is 4.47. The van der Waals surface area contributed by atoms with Crippen LogP contribution < -0.4 is 9.64 Å². The van der Waals surface area contributed by atoms with Crippen LogP contribution in [-0.2, 0) is 0 Å². The number of fused-ring (bicyclic) bond motifs is 1. The molecule has 2 heterocycles. The number of rotatable bonds is 8. The van der Waals surface area contributed by atoms with Crippen LogP contribution in [-0.4, -0.2) is 49.1 Å². The number of anilines is 1. The van der Waals surface area contributed by atoms with Crippen LogP contribution in [0.15, 0.2) is 35.7 Å². The third kappa shape index (κ3) is 4.79. The van der Waals surface area contributed by atoms with Crippen LogP contribution in [0.4, 0.5) is 5.13 Å². The maximum atomic E-state index is 13.1. The van der Waals surface area contributed by atoms with E-state index in [1.807, 2.05) is 35.7 Å². The van der Waals surface area contributed by atoms with E-state index in [4.69, 9.17) is 9.72 Å². The third-order valence-corrected chi connectivity index (χ3v) is 6.23. The monoisotopic (exact) mass is 425 g/mol. The fraction of sp³-hybridized carbons (Fsp3) is 0.368. The van der Waals surface area contributed by atoms with E-state index in [-0.39, 0.29) is 18.3 Å². The van der Waals surface area contributed by atoms with Crippen molar-refractivity contribution >= 4 is 56.3 Å². The summed E-state index contributed by atoms with van der Waals surface area (Å²) in [6, 6.07) is 9.63. The number of carbonyl (C=O) groups excluding carboxylic acids is 1. The Balaban J connectivity index is 0.00000261. The van der Waals surface area contributed by atoms with Gasteiger partial charge < -0.3 is 9.64 Å². The van der Waals surface area contributed by atoms with Gasteiger partial charge in [0.2, 0.25) is 0 Å². The van der Waals surface area contributed by atoms with Gasteiger partial charge in [-0.1, -0.05) is 37.3 Å². The van der Waals surface area contributed by atoms with Crippen molar-refractivity contribution in [2.75, 3.05) is 38.2 Å². The van der Waals surface area contributed by atoms with Gasteiger partial charge in [0.05, 0.1) is 16.7 Å². The van der Waals surface area contributed by atoms with Gasteiger partial charge in [0.15, 0.2) is 5.13 Å². The molecule has 0 aliphatic rings. The van der Waals surface area contributed by atoms with Gasteiger partial charge in [0, 0.05) is 13.1 Å². The predicted molar refractivity (Wildman–Crippen MR) is 117 cm³/mol. The van der Waals surface area contributed by atoms with Crippen LogP contribution >= 0.6 is 35.1 Å². The molecule has 2 aromatic heterocycles. The molecule has 0 radical (unpaired) electrons. The van der Waals surface area contributed by atoms with Crippen molar-refractivity contribution in [2.24, 2.45) is 0 Å². The van der Waals surface area contributed by atoms with E-state index in [0.29, 0.717) is 6.54 Å². The maximum absolute atomic E-state index is 13.1. The predicted octanol–water partition coefficient (Wildman–Crippen LogP) is 4.78. The number of para-hydroxylation sites is 1. The molecule has 3 rings (SSSR count). The Morgan fingerprint density at radius 2 is 1.93 bits per heavy atom. The Bertz CT molecular complexity index is 863. The summed E-state index contributed by atoms with van der Waals surface area (Å²) in [7, 11) is 1.64. The highest BCUT2D eigenvalue weighted by atomic mass is 35.5. The standard InChI is InChI=1S/C19H23N3O2S2.ClH/c1-4-21(5-2)11-12-22(18(23)16-10-7-13-25-16)19-20-17-14(24-3)8-6-9-15(17)26-19;/h6-10,13H,4-5,11-12H2,1-3H3;1H. The highest BCUT2D eigenvalue weighted by Crippen LogP contribution is 2.34. The van der Waals surface area contributed by atoms with Crippen molar-refractivity contribution in [3.8, 4) is 5.75 Å². The molecule has 1 aromatic carbocycles. The van der Waals surface area contributed by atoms with Crippen molar-refractivity contribution in [2.45, 2.75) is 13.8 Å². The Kier molecular flexibility index (Phi) is 8.04. The van der Waals surface area contributed by atoms with Crippen LogP contribution in [0.2, 0.25) is 0 Å². The van der Waals surface area contributed by atoms with Crippen LogP contribution in [0.1, 0.15) is 23.5 Å². The van der Waals surface area contributed by atoms with Gasteiger partial charge in [-0.25, -0.2) is 4.98 Å². The van der Waals surface area contributed by atoms with Gasteiger partial charge in [0.1, 0.15) is 11.3 Å². The Hall–Kier alpha value is -1.67. The minimum atomic E-state index is 0. The topological polar surface area (TPSA) is 45.7 Å². The number of thiazole rings is 1. The van der Waals surface area contributed by atoms with Crippen molar-refractivity contribution in [3.05, 3.63) is 40.6 Å². The molecule has 0 fully saturated rings. The highest BCUT2D eigenvalue weighted by Gasteiger charge is 2.23. The molecule has 3 aromatic rings. The van der Waals surface area contributed by atoms with Crippen molar-refractivity contribution in [1.29, 1.82) is 0 Å². The summed E-state index contributed by atoms with van der Waals surface area (Å²) >= 11 is 2.99. The summed E-state index contributed by atoms with van der Waals surface area (Å²) in [5, 5.41) is 2.65. The van der Waals surface area contributed by atoms with Gasteiger partial charge >= 0.3 is 0 Å². The summed E-state index contributed by atoms with van der Waals surface area (Å²) in [6.45, 7) is 7.63. The molecule has 27 heavy (non-hydrogen) atoms. The minimum absolute atomic E-state index is 0. The van der Waals surface area contributed by atoms with Crippen molar-refractivity contribution in [1.82, 2.24) is 9.88 Å². The number of aromatic nitrogens is 1. The lowest BCUT2D eigenvalue weighted by Gasteiger charge is -2.24. The number of carbonyl (C=O) groups is 1. The molecule has 5 nitrogen and oxygen atoms in total. The lowest BCUT2D eigenvalue weighted by atomic mass is 10.3. The van der Waals surface area contributed by atoms with E-state index >= 15 is 0 Å². The van der Waals surface area contributed by atoms with Crippen LogP contribution in [0.5, 0.6) is 5.75 Å². The molecule has 0 N–H and O–H groups in total. The Labute approximate surface area is 174 Å². The SMILES string of the molecule is CCN(CC)CCN(C(=O)c1cccs1)c1nc2c(OC)cccc2s1.Cl. The minimum Gasteiger partial charge on any atom is -0.494 e. The molecule has 0 bridgehead atoms.